The lowest BCUT2D eigenvalue weighted by Gasteiger charge is -2.22. The third-order valence-corrected chi connectivity index (χ3v) is 3.78. The smallest absolute Gasteiger partial charge is 0.236 e. The highest BCUT2D eigenvalue weighted by Crippen LogP contribution is 2.08. The van der Waals surface area contributed by atoms with Gasteiger partial charge in [0.2, 0.25) is 5.91 Å². The van der Waals surface area contributed by atoms with Gasteiger partial charge in [-0.3, -0.25) is 4.79 Å². The summed E-state index contributed by atoms with van der Waals surface area (Å²) in [4.78, 5) is 14.3. The zero-order valence-electron chi connectivity index (χ0n) is 13.8. The Labute approximate surface area is 138 Å². The summed E-state index contributed by atoms with van der Waals surface area (Å²) in [7, 11) is 0. The van der Waals surface area contributed by atoms with Crippen LogP contribution in [0.4, 0.5) is 0 Å². The second-order valence-electron chi connectivity index (χ2n) is 5.66. The van der Waals surface area contributed by atoms with Crippen molar-refractivity contribution in [2.24, 2.45) is 0 Å². The van der Waals surface area contributed by atoms with Gasteiger partial charge in [-0.15, -0.1) is 0 Å². The molecule has 1 N–H and O–H groups in total. The van der Waals surface area contributed by atoms with Gasteiger partial charge in [-0.25, -0.2) is 0 Å². The van der Waals surface area contributed by atoms with E-state index in [1.54, 1.807) is 6.26 Å². The topological polar surface area (TPSA) is 45.5 Å². The van der Waals surface area contributed by atoms with Crippen LogP contribution >= 0.6 is 0 Å². The molecular formula is C19H26N2O2. The first-order valence-electron chi connectivity index (χ1n) is 8.34. The van der Waals surface area contributed by atoms with Gasteiger partial charge in [0.15, 0.2) is 0 Å². The molecule has 1 aromatic heterocycles. The Hall–Kier alpha value is -2.07. The average molecular weight is 314 g/mol. The fraction of sp³-hybridized carbons (Fsp3) is 0.421. The van der Waals surface area contributed by atoms with Gasteiger partial charge in [0.05, 0.1) is 19.4 Å². The van der Waals surface area contributed by atoms with Crippen molar-refractivity contribution < 1.29 is 9.21 Å². The van der Waals surface area contributed by atoms with Crippen molar-refractivity contribution in [2.75, 3.05) is 19.6 Å². The molecule has 2 rings (SSSR count). The second-order valence-corrected chi connectivity index (χ2v) is 5.66. The van der Waals surface area contributed by atoms with Crippen LogP contribution in [0, 0.1) is 0 Å². The summed E-state index contributed by atoms with van der Waals surface area (Å²) >= 11 is 0. The maximum absolute atomic E-state index is 12.5. The van der Waals surface area contributed by atoms with Gasteiger partial charge >= 0.3 is 0 Å². The minimum atomic E-state index is 0.119. The van der Waals surface area contributed by atoms with Crippen LogP contribution in [0.15, 0.2) is 53.1 Å². The molecular weight excluding hydrogens is 288 g/mol. The number of nitrogens with zero attached hydrogens (tertiary/aromatic N) is 1. The number of furan rings is 1. The minimum Gasteiger partial charge on any atom is -0.467 e. The number of rotatable bonds is 10. The van der Waals surface area contributed by atoms with E-state index in [1.165, 1.54) is 5.56 Å². The Balaban J connectivity index is 1.89. The van der Waals surface area contributed by atoms with Crippen molar-refractivity contribution >= 4 is 5.91 Å². The van der Waals surface area contributed by atoms with Crippen molar-refractivity contribution in [3.05, 3.63) is 60.1 Å². The van der Waals surface area contributed by atoms with Gasteiger partial charge in [0, 0.05) is 6.54 Å². The first-order chi connectivity index (χ1) is 11.3. The van der Waals surface area contributed by atoms with E-state index in [1.807, 2.05) is 35.2 Å². The number of carbonyl (C=O) groups excluding carboxylic acids is 1. The highest BCUT2D eigenvalue weighted by molar-refractivity contribution is 5.78. The van der Waals surface area contributed by atoms with Crippen LogP contribution < -0.4 is 5.32 Å². The summed E-state index contributed by atoms with van der Waals surface area (Å²) in [6.45, 7) is 4.63. The Bertz CT molecular complexity index is 552. The number of hydrogen-bond acceptors (Lipinski definition) is 3. The van der Waals surface area contributed by atoms with E-state index >= 15 is 0 Å². The van der Waals surface area contributed by atoms with E-state index in [4.69, 9.17) is 4.42 Å². The standard InChI is InChI=1S/C19H26N2O2/c1-2-3-12-20-15-19(22)21(16-18-10-7-14-23-18)13-11-17-8-5-4-6-9-17/h4-10,14,20H,2-3,11-13,15-16H2,1H3. The Morgan fingerprint density at radius 1 is 1.17 bits per heavy atom. The SMILES string of the molecule is CCCCNCC(=O)N(CCc1ccccc1)Cc1ccco1. The van der Waals surface area contributed by atoms with E-state index in [-0.39, 0.29) is 5.91 Å². The normalized spacial score (nSPS) is 10.7. The lowest BCUT2D eigenvalue weighted by molar-refractivity contribution is -0.131. The predicted molar refractivity (Wildman–Crippen MR) is 92.0 cm³/mol. The van der Waals surface area contributed by atoms with E-state index in [9.17, 15) is 4.79 Å². The molecule has 0 fully saturated rings. The quantitative estimate of drug-likeness (QED) is 0.685. The fourth-order valence-electron chi connectivity index (χ4n) is 2.40. The number of benzene rings is 1. The largest absolute Gasteiger partial charge is 0.467 e. The van der Waals surface area contributed by atoms with Crippen LogP contribution in [-0.2, 0) is 17.8 Å². The van der Waals surface area contributed by atoms with Crippen LogP contribution in [0.3, 0.4) is 0 Å². The molecule has 4 heteroatoms. The van der Waals surface area contributed by atoms with E-state index in [0.717, 1.165) is 31.6 Å². The van der Waals surface area contributed by atoms with Crippen LogP contribution in [0.5, 0.6) is 0 Å². The van der Waals surface area contributed by atoms with Gasteiger partial charge in [-0.05, 0) is 37.1 Å². The molecule has 23 heavy (non-hydrogen) atoms. The maximum Gasteiger partial charge on any atom is 0.236 e. The van der Waals surface area contributed by atoms with Gasteiger partial charge in [-0.2, -0.15) is 0 Å². The number of hydrogen-bond donors (Lipinski definition) is 1. The monoisotopic (exact) mass is 314 g/mol. The van der Waals surface area contributed by atoms with Crippen LogP contribution in [-0.4, -0.2) is 30.4 Å². The third-order valence-electron chi connectivity index (χ3n) is 3.78. The Morgan fingerprint density at radius 2 is 2.00 bits per heavy atom. The van der Waals surface area contributed by atoms with Crippen LogP contribution in [0.25, 0.3) is 0 Å². The molecule has 0 bridgehead atoms. The zero-order chi connectivity index (χ0) is 16.3. The summed E-state index contributed by atoms with van der Waals surface area (Å²) in [5.41, 5.74) is 1.24. The molecule has 1 aromatic carbocycles. The second kappa shape index (κ2) is 9.85. The Kier molecular flexibility index (Phi) is 7.40. The summed E-state index contributed by atoms with van der Waals surface area (Å²) in [6.07, 6.45) is 4.72. The summed E-state index contributed by atoms with van der Waals surface area (Å²) in [6, 6.07) is 14.0. The number of carbonyl (C=O) groups is 1. The molecule has 4 nitrogen and oxygen atoms in total. The first-order valence-corrected chi connectivity index (χ1v) is 8.34. The highest BCUT2D eigenvalue weighted by Gasteiger charge is 2.14. The van der Waals surface area contributed by atoms with Crippen molar-refractivity contribution in [1.29, 1.82) is 0 Å². The molecule has 2 aromatic rings. The fourth-order valence-corrected chi connectivity index (χ4v) is 2.40. The number of unbranched alkanes of at least 4 members (excludes halogenated alkanes) is 1. The van der Waals surface area contributed by atoms with E-state index < -0.39 is 0 Å². The predicted octanol–water partition coefficient (Wildman–Crippen LogP) is 3.24. The summed E-state index contributed by atoms with van der Waals surface area (Å²) < 4.78 is 5.39. The molecule has 0 saturated carbocycles. The number of nitrogens with one attached hydrogen (secondary N) is 1. The van der Waals surface area contributed by atoms with Gasteiger partial charge < -0.3 is 14.6 Å². The van der Waals surface area contributed by atoms with E-state index in [2.05, 4.69) is 24.4 Å². The molecule has 1 amide bonds. The molecule has 124 valence electrons. The van der Waals surface area contributed by atoms with Crippen molar-refractivity contribution in [3.63, 3.8) is 0 Å². The van der Waals surface area contributed by atoms with Crippen molar-refractivity contribution in [1.82, 2.24) is 10.2 Å². The molecule has 0 aliphatic heterocycles. The van der Waals surface area contributed by atoms with Gasteiger partial charge in [0.25, 0.3) is 0 Å². The zero-order valence-corrected chi connectivity index (χ0v) is 13.8. The lowest BCUT2D eigenvalue weighted by atomic mass is 10.1. The molecule has 0 radical (unpaired) electrons. The molecule has 0 aliphatic carbocycles. The summed E-state index contributed by atoms with van der Waals surface area (Å²) in [5.74, 6) is 0.938. The first kappa shape index (κ1) is 17.3. The van der Waals surface area contributed by atoms with Crippen LogP contribution in [0.1, 0.15) is 31.1 Å². The van der Waals surface area contributed by atoms with Gasteiger partial charge in [0.1, 0.15) is 5.76 Å². The average Bonchev–Trinajstić information content (AvgIpc) is 3.09. The molecule has 1 heterocycles. The van der Waals surface area contributed by atoms with Crippen molar-refractivity contribution in [2.45, 2.75) is 32.7 Å². The summed E-state index contributed by atoms with van der Waals surface area (Å²) in [5, 5.41) is 3.22. The van der Waals surface area contributed by atoms with E-state index in [0.29, 0.717) is 19.6 Å². The Morgan fingerprint density at radius 3 is 2.70 bits per heavy atom. The highest BCUT2D eigenvalue weighted by atomic mass is 16.3. The minimum absolute atomic E-state index is 0.119. The lowest BCUT2D eigenvalue weighted by Crippen LogP contribution is -2.39. The van der Waals surface area contributed by atoms with Crippen LogP contribution in [0.2, 0.25) is 0 Å². The molecule has 0 spiro atoms. The molecule has 0 aliphatic rings. The third kappa shape index (κ3) is 6.28. The van der Waals surface area contributed by atoms with Crippen molar-refractivity contribution in [3.8, 4) is 0 Å². The van der Waals surface area contributed by atoms with Gasteiger partial charge in [-0.1, -0.05) is 43.7 Å². The molecule has 0 unspecified atom stereocenters. The molecule has 0 saturated heterocycles. The maximum atomic E-state index is 12.5. The molecule has 0 atom stereocenters. The number of amides is 1.